The Labute approximate surface area is 174 Å². The molecular weight excluding hydrogens is 384 g/mol. The number of nitrogen functional groups attached to an aromatic ring is 1. The Balaban J connectivity index is 1.67. The molecule has 0 radical (unpaired) electrons. The summed E-state index contributed by atoms with van der Waals surface area (Å²) in [6, 6.07) is 1.73. The van der Waals surface area contributed by atoms with E-state index in [0.717, 1.165) is 73.2 Å². The highest BCUT2D eigenvalue weighted by molar-refractivity contribution is 7.84. The number of imidazole rings is 1. The number of hydrogen-bond acceptors (Lipinski definition) is 6. The number of aromatic nitrogens is 5. The summed E-state index contributed by atoms with van der Waals surface area (Å²) in [6.45, 7) is 7.16. The van der Waals surface area contributed by atoms with E-state index in [1.807, 2.05) is 6.92 Å². The Bertz CT molecular complexity index is 986. The fourth-order valence-electron chi connectivity index (χ4n) is 3.49. The molecule has 0 saturated heterocycles. The van der Waals surface area contributed by atoms with Crippen LogP contribution < -0.4 is 5.73 Å². The van der Waals surface area contributed by atoms with Crippen LogP contribution in [0.5, 0.6) is 0 Å². The molecule has 3 rings (SSSR count). The molecule has 1 atom stereocenters. The normalized spacial score (nSPS) is 12.5. The molecule has 3 heterocycles. The zero-order valence-electron chi connectivity index (χ0n) is 17.5. The summed E-state index contributed by atoms with van der Waals surface area (Å²) in [4.78, 5) is 17.4. The lowest BCUT2D eigenvalue weighted by Crippen LogP contribution is -2.07. The number of rotatable bonds is 10. The number of aryl methyl sites for hydroxylation is 4. The first kappa shape index (κ1) is 21.4. The van der Waals surface area contributed by atoms with E-state index in [1.54, 1.807) is 18.5 Å². The lowest BCUT2D eigenvalue weighted by Gasteiger charge is -2.12. The predicted octanol–water partition coefficient (Wildman–Crippen LogP) is 3.74. The third-order valence-corrected chi connectivity index (χ3v) is 6.46. The SMILES string of the molecule is CCCCc1nc2c(N)nc(C)c(C)c2n1CCCCCS(=O)c1ncccn1. The summed E-state index contributed by atoms with van der Waals surface area (Å²) in [7, 11) is -1.13. The highest BCUT2D eigenvalue weighted by Gasteiger charge is 2.17. The lowest BCUT2D eigenvalue weighted by atomic mass is 10.1. The van der Waals surface area contributed by atoms with E-state index >= 15 is 0 Å². The number of nitrogens with zero attached hydrogens (tertiary/aromatic N) is 5. The van der Waals surface area contributed by atoms with E-state index in [9.17, 15) is 4.21 Å². The molecule has 7 nitrogen and oxygen atoms in total. The van der Waals surface area contributed by atoms with Gasteiger partial charge in [-0.2, -0.15) is 0 Å². The number of hydrogen-bond donors (Lipinski definition) is 1. The van der Waals surface area contributed by atoms with Gasteiger partial charge in [0.1, 0.15) is 11.3 Å². The first-order chi connectivity index (χ1) is 14.0. The monoisotopic (exact) mass is 414 g/mol. The van der Waals surface area contributed by atoms with E-state index in [2.05, 4.69) is 33.4 Å². The molecule has 29 heavy (non-hydrogen) atoms. The van der Waals surface area contributed by atoms with Gasteiger partial charge in [0.2, 0.25) is 5.16 Å². The molecule has 3 aromatic heterocycles. The lowest BCUT2D eigenvalue weighted by molar-refractivity contribution is 0.581. The van der Waals surface area contributed by atoms with Gasteiger partial charge in [-0.15, -0.1) is 0 Å². The van der Waals surface area contributed by atoms with Gasteiger partial charge in [0.15, 0.2) is 5.82 Å². The maximum absolute atomic E-state index is 12.3. The second-order valence-electron chi connectivity index (χ2n) is 7.33. The summed E-state index contributed by atoms with van der Waals surface area (Å²) in [6.07, 6.45) is 9.30. The topological polar surface area (TPSA) is 99.6 Å². The summed E-state index contributed by atoms with van der Waals surface area (Å²) < 4.78 is 14.6. The zero-order chi connectivity index (χ0) is 20.8. The number of fused-ring (bicyclic) bond motifs is 1. The van der Waals surface area contributed by atoms with Crippen molar-refractivity contribution < 1.29 is 4.21 Å². The molecule has 0 amide bonds. The van der Waals surface area contributed by atoms with Crippen LogP contribution in [0.1, 0.15) is 56.1 Å². The minimum absolute atomic E-state index is 0.420. The molecule has 2 N–H and O–H groups in total. The first-order valence-corrected chi connectivity index (χ1v) is 11.6. The third-order valence-electron chi connectivity index (χ3n) is 5.19. The van der Waals surface area contributed by atoms with Gasteiger partial charge in [0.25, 0.3) is 0 Å². The van der Waals surface area contributed by atoms with E-state index in [0.29, 0.717) is 16.7 Å². The second kappa shape index (κ2) is 9.91. The van der Waals surface area contributed by atoms with Gasteiger partial charge >= 0.3 is 0 Å². The molecule has 8 heteroatoms. The van der Waals surface area contributed by atoms with Gasteiger partial charge in [0, 0.05) is 36.8 Å². The second-order valence-corrected chi connectivity index (χ2v) is 8.79. The van der Waals surface area contributed by atoms with Crippen molar-refractivity contribution in [1.82, 2.24) is 24.5 Å². The molecular formula is C21H30N6OS. The third kappa shape index (κ3) is 4.98. The first-order valence-electron chi connectivity index (χ1n) is 10.3. The van der Waals surface area contributed by atoms with Crippen molar-refractivity contribution in [2.45, 2.75) is 71.0 Å². The molecule has 0 spiro atoms. The molecule has 0 aromatic carbocycles. The number of pyridine rings is 1. The number of anilines is 1. The van der Waals surface area contributed by atoms with E-state index < -0.39 is 10.8 Å². The van der Waals surface area contributed by atoms with Gasteiger partial charge in [-0.1, -0.05) is 19.8 Å². The molecule has 0 aliphatic carbocycles. The molecule has 0 aliphatic rings. The van der Waals surface area contributed by atoms with Crippen molar-refractivity contribution in [2.24, 2.45) is 0 Å². The largest absolute Gasteiger partial charge is 0.382 e. The summed E-state index contributed by atoms with van der Waals surface area (Å²) in [5.74, 6) is 2.19. The summed E-state index contributed by atoms with van der Waals surface area (Å²) >= 11 is 0. The van der Waals surface area contributed by atoms with Crippen LogP contribution >= 0.6 is 0 Å². The van der Waals surface area contributed by atoms with Gasteiger partial charge in [0.05, 0.1) is 16.3 Å². The average Bonchev–Trinajstić information content (AvgIpc) is 3.10. The fraction of sp³-hybridized carbons (Fsp3) is 0.524. The standard InChI is InChI=1S/C21H30N6OS/c1-4-5-10-17-26-18-19(15(2)16(3)25-20(18)22)27(17)13-7-6-8-14-29(28)21-23-11-9-12-24-21/h9,11-12H,4-8,10,13-14H2,1-3H3,(H2,22,25). The minimum Gasteiger partial charge on any atom is -0.382 e. The van der Waals surface area contributed by atoms with Gasteiger partial charge in [-0.25, -0.2) is 19.9 Å². The quantitative estimate of drug-likeness (QED) is 0.401. The van der Waals surface area contributed by atoms with Crippen molar-refractivity contribution in [3.8, 4) is 0 Å². The zero-order valence-corrected chi connectivity index (χ0v) is 18.3. The van der Waals surface area contributed by atoms with E-state index in [1.165, 1.54) is 0 Å². The van der Waals surface area contributed by atoms with Gasteiger partial charge in [-0.3, -0.25) is 4.21 Å². The van der Waals surface area contributed by atoms with Gasteiger partial charge < -0.3 is 10.3 Å². The van der Waals surface area contributed by atoms with Crippen LogP contribution in [0.4, 0.5) is 5.82 Å². The van der Waals surface area contributed by atoms with Crippen molar-refractivity contribution >= 4 is 27.7 Å². The van der Waals surface area contributed by atoms with Crippen LogP contribution in [0.2, 0.25) is 0 Å². The van der Waals surface area contributed by atoms with Crippen molar-refractivity contribution in [2.75, 3.05) is 11.5 Å². The minimum atomic E-state index is -1.13. The number of unbranched alkanes of at least 4 members (excludes halogenated alkanes) is 3. The maximum Gasteiger partial charge on any atom is 0.218 e. The van der Waals surface area contributed by atoms with Gasteiger partial charge in [-0.05, 0) is 44.7 Å². The van der Waals surface area contributed by atoms with Crippen molar-refractivity contribution in [1.29, 1.82) is 0 Å². The highest BCUT2D eigenvalue weighted by atomic mass is 32.2. The Morgan fingerprint density at radius 3 is 2.55 bits per heavy atom. The molecule has 1 unspecified atom stereocenters. The molecule has 0 fully saturated rings. The average molecular weight is 415 g/mol. The smallest absolute Gasteiger partial charge is 0.218 e. The van der Waals surface area contributed by atoms with Crippen LogP contribution in [0.25, 0.3) is 11.0 Å². The van der Waals surface area contributed by atoms with Crippen LogP contribution in [-0.4, -0.2) is 34.5 Å². The number of nitrogens with two attached hydrogens (primary N) is 1. The van der Waals surface area contributed by atoms with Crippen LogP contribution in [0.15, 0.2) is 23.6 Å². The Kier molecular flexibility index (Phi) is 7.30. The predicted molar refractivity (Wildman–Crippen MR) is 117 cm³/mol. The van der Waals surface area contributed by atoms with Crippen LogP contribution in [0.3, 0.4) is 0 Å². The summed E-state index contributed by atoms with van der Waals surface area (Å²) in [5.41, 5.74) is 10.2. The highest BCUT2D eigenvalue weighted by Crippen LogP contribution is 2.27. The van der Waals surface area contributed by atoms with Crippen molar-refractivity contribution in [3.05, 3.63) is 35.5 Å². The Morgan fingerprint density at radius 2 is 1.83 bits per heavy atom. The van der Waals surface area contributed by atoms with Crippen LogP contribution in [-0.2, 0) is 23.8 Å². The maximum atomic E-state index is 12.3. The molecule has 0 saturated carbocycles. The van der Waals surface area contributed by atoms with E-state index in [4.69, 9.17) is 10.7 Å². The molecule has 0 aliphatic heterocycles. The Morgan fingerprint density at radius 1 is 1.07 bits per heavy atom. The molecule has 0 bridgehead atoms. The van der Waals surface area contributed by atoms with E-state index in [-0.39, 0.29) is 0 Å². The fourth-order valence-corrected chi connectivity index (χ4v) is 4.49. The van der Waals surface area contributed by atoms with Crippen molar-refractivity contribution in [3.63, 3.8) is 0 Å². The summed E-state index contributed by atoms with van der Waals surface area (Å²) in [5, 5.41) is 0.420. The van der Waals surface area contributed by atoms with Crippen LogP contribution in [0, 0.1) is 13.8 Å². The Hall–Kier alpha value is -2.35. The molecule has 156 valence electrons. The molecule has 3 aromatic rings.